The minimum Gasteiger partial charge on any atom is -0.491 e. The van der Waals surface area contributed by atoms with Crippen LogP contribution in [0.3, 0.4) is 0 Å². The van der Waals surface area contributed by atoms with Gasteiger partial charge in [-0.2, -0.15) is 0 Å². The third kappa shape index (κ3) is 7.76. The van der Waals surface area contributed by atoms with E-state index < -0.39 is 0 Å². The van der Waals surface area contributed by atoms with Crippen molar-refractivity contribution in [1.82, 2.24) is 9.97 Å². The smallest absolute Gasteiger partial charge is 0.152 e. The first-order valence-electron chi connectivity index (χ1n) is 16.5. The van der Waals surface area contributed by atoms with Gasteiger partial charge in [-0.3, -0.25) is 4.79 Å². The Balaban J connectivity index is 0.000000807. The molecule has 2 unspecified atom stereocenters. The molecule has 8 nitrogen and oxygen atoms in total. The zero-order chi connectivity index (χ0) is 33.7. The van der Waals surface area contributed by atoms with Crippen LogP contribution in [0, 0.1) is 12.8 Å². The van der Waals surface area contributed by atoms with E-state index in [1.165, 1.54) is 29.8 Å². The van der Waals surface area contributed by atoms with Gasteiger partial charge in [-0.25, -0.2) is 9.97 Å². The molecule has 1 aromatic heterocycles. The van der Waals surface area contributed by atoms with Gasteiger partial charge in [0, 0.05) is 61.0 Å². The normalized spacial score (nSPS) is 16.9. The highest BCUT2D eigenvalue weighted by molar-refractivity contribution is 5.95. The highest BCUT2D eigenvalue weighted by atomic mass is 16.5. The van der Waals surface area contributed by atoms with Crippen molar-refractivity contribution in [2.24, 2.45) is 5.92 Å². The summed E-state index contributed by atoms with van der Waals surface area (Å²) in [5, 5.41) is 4.52. The summed E-state index contributed by atoms with van der Waals surface area (Å²) >= 11 is 0. The number of aromatic nitrogens is 2. The highest BCUT2D eigenvalue weighted by Gasteiger charge is 2.23. The second-order valence-corrected chi connectivity index (χ2v) is 12.7. The monoisotopic (exact) mass is 633 g/mol. The molecule has 0 amide bonds. The molecular weight excluding hydrogens is 586 g/mol. The first kappa shape index (κ1) is 33.5. The van der Waals surface area contributed by atoms with E-state index in [0.717, 1.165) is 76.8 Å². The van der Waals surface area contributed by atoms with Gasteiger partial charge >= 0.3 is 0 Å². The fraction of sp³-hybridized carbons (Fsp3) is 0.359. The number of nitrogens with zero attached hydrogens (tertiary/aromatic N) is 4. The van der Waals surface area contributed by atoms with Crippen LogP contribution < -0.4 is 24.6 Å². The molecule has 0 aliphatic carbocycles. The average molecular weight is 634 g/mol. The molecule has 47 heavy (non-hydrogen) atoms. The number of hydrogen-bond donors (Lipinski definition) is 1. The molecular formula is C39H47N5O3. The predicted octanol–water partition coefficient (Wildman–Crippen LogP) is 9.33. The number of carbonyl (C=O) groups is 1. The zero-order valence-electron chi connectivity index (χ0n) is 28.8. The number of carbonyl (C=O) groups excluding carboxylic acids is 1. The van der Waals surface area contributed by atoms with Crippen LogP contribution in [0.25, 0.3) is 10.9 Å². The van der Waals surface area contributed by atoms with E-state index >= 15 is 0 Å². The molecule has 4 aromatic rings. The fourth-order valence-corrected chi connectivity index (χ4v) is 5.96. The van der Waals surface area contributed by atoms with Gasteiger partial charge in [0.1, 0.15) is 29.4 Å². The van der Waals surface area contributed by atoms with Crippen molar-refractivity contribution >= 4 is 39.6 Å². The quantitative estimate of drug-likeness (QED) is 0.192. The Kier molecular flexibility index (Phi) is 10.5. The van der Waals surface area contributed by atoms with Crippen molar-refractivity contribution in [2.75, 3.05) is 41.9 Å². The molecule has 0 spiro atoms. The van der Waals surface area contributed by atoms with Gasteiger partial charge in [0.25, 0.3) is 0 Å². The molecule has 2 atom stereocenters. The van der Waals surface area contributed by atoms with Crippen LogP contribution in [-0.4, -0.2) is 42.5 Å². The molecule has 3 heterocycles. The number of fused-ring (bicyclic) bond motifs is 3. The molecule has 2 aliphatic heterocycles. The number of benzene rings is 3. The van der Waals surface area contributed by atoms with E-state index in [-0.39, 0.29) is 5.78 Å². The number of aryl methyl sites for hydroxylation is 1. The number of hydrogen-bond acceptors (Lipinski definition) is 8. The molecule has 0 fully saturated rings. The summed E-state index contributed by atoms with van der Waals surface area (Å²) in [5.41, 5.74) is 7.83. The second kappa shape index (κ2) is 14.7. The van der Waals surface area contributed by atoms with Crippen molar-refractivity contribution < 1.29 is 14.3 Å². The SMILES string of the molecule is C=CC(C)=O.CCCCN1CC(C)COc2cc3ncnc(Nc4ccc(Oc5ccc6c(c5)C(C)C(C)=CN6C)c(C)c4)c3cc21. The van der Waals surface area contributed by atoms with Gasteiger partial charge in [-0.15, -0.1) is 0 Å². The van der Waals surface area contributed by atoms with Crippen LogP contribution >= 0.6 is 0 Å². The number of unbranched alkanes of at least 4 members (excludes halogenated alkanes) is 1. The van der Waals surface area contributed by atoms with Gasteiger partial charge in [-0.1, -0.05) is 33.8 Å². The number of anilines is 4. The maximum Gasteiger partial charge on any atom is 0.152 e. The van der Waals surface area contributed by atoms with E-state index in [0.29, 0.717) is 18.4 Å². The van der Waals surface area contributed by atoms with E-state index in [2.05, 4.69) is 110 Å². The largest absolute Gasteiger partial charge is 0.491 e. The lowest BCUT2D eigenvalue weighted by Gasteiger charge is -2.29. The van der Waals surface area contributed by atoms with E-state index in [9.17, 15) is 4.79 Å². The lowest BCUT2D eigenvalue weighted by atomic mass is 9.90. The predicted molar refractivity (Wildman–Crippen MR) is 194 cm³/mol. The molecule has 3 aromatic carbocycles. The standard InChI is InChI=1S/C35H41N5O2.C4H6O/c1-7-8-13-40-18-22(2)20-41-34-17-30-29(16-32(34)40)35(37-21-36-30)38-26-9-12-33(23(3)14-26)42-27-10-11-31-28(15-27)25(5)24(4)19-39(31)6;1-3-4(2)5/h9-12,14-17,19,21-22,25H,7-8,13,18,20H2,1-6H3,(H,36,37,38);3H,1H2,2H3. The maximum absolute atomic E-state index is 9.69. The topological polar surface area (TPSA) is 79.8 Å². The second-order valence-electron chi connectivity index (χ2n) is 12.7. The van der Waals surface area contributed by atoms with Gasteiger partial charge in [0.2, 0.25) is 0 Å². The van der Waals surface area contributed by atoms with Crippen molar-refractivity contribution in [3.8, 4) is 17.2 Å². The Bertz CT molecular complexity index is 1800. The summed E-state index contributed by atoms with van der Waals surface area (Å²) in [5.74, 6) is 4.19. The Morgan fingerprint density at radius 3 is 2.62 bits per heavy atom. The molecule has 0 saturated carbocycles. The van der Waals surface area contributed by atoms with Gasteiger partial charge in [0.05, 0.1) is 17.8 Å². The van der Waals surface area contributed by atoms with Crippen LogP contribution in [0.4, 0.5) is 22.9 Å². The van der Waals surface area contributed by atoms with Crippen molar-refractivity contribution in [2.45, 2.75) is 60.3 Å². The number of allylic oxidation sites excluding steroid dienone is 2. The summed E-state index contributed by atoms with van der Waals surface area (Å²) in [6, 6.07) is 16.8. The molecule has 6 rings (SSSR count). The fourth-order valence-electron chi connectivity index (χ4n) is 5.96. The lowest BCUT2D eigenvalue weighted by molar-refractivity contribution is -0.112. The third-order valence-corrected chi connectivity index (χ3v) is 8.77. The number of ether oxygens (including phenoxy) is 2. The minimum absolute atomic E-state index is 0.0185. The Morgan fingerprint density at radius 2 is 1.89 bits per heavy atom. The summed E-state index contributed by atoms with van der Waals surface area (Å²) in [4.78, 5) is 23.5. The first-order chi connectivity index (χ1) is 22.6. The summed E-state index contributed by atoms with van der Waals surface area (Å²) in [6.07, 6.45) is 7.40. The Hall–Kier alpha value is -4.85. The summed E-state index contributed by atoms with van der Waals surface area (Å²) in [7, 11) is 2.10. The van der Waals surface area contributed by atoms with Gasteiger partial charge in [0.15, 0.2) is 5.78 Å². The van der Waals surface area contributed by atoms with E-state index in [4.69, 9.17) is 9.47 Å². The van der Waals surface area contributed by atoms with Gasteiger partial charge < -0.3 is 24.6 Å². The third-order valence-electron chi connectivity index (χ3n) is 8.77. The maximum atomic E-state index is 9.69. The minimum atomic E-state index is 0.0185. The Labute approximate surface area is 279 Å². The molecule has 0 bridgehead atoms. The summed E-state index contributed by atoms with van der Waals surface area (Å²) < 4.78 is 12.6. The zero-order valence-corrected chi connectivity index (χ0v) is 28.8. The van der Waals surface area contributed by atoms with Crippen LogP contribution in [0.5, 0.6) is 17.2 Å². The molecule has 1 N–H and O–H groups in total. The van der Waals surface area contributed by atoms with Crippen LogP contribution in [0.2, 0.25) is 0 Å². The first-order valence-corrected chi connectivity index (χ1v) is 16.5. The van der Waals surface area contributed by atoms with Crippen molar-refractivity contribution in [1.29, 1.82) is 0 Å². The highest BCUT2D eigenvalue weighted by Crippen LogP contribution is 2.41. The molecule has 0 radical (unpaired) electrons. The number of nitrogens with one attached hydrogen (secondary N) is 1. The Morgan fingerprint density at radius 1 is 1.11 bits per heavy atom. The summed E-state index contributed by atoms with van der Waals surface area (Å²) in [6.45, 7) is 18.4. The molecule has 246 valence electrons. The van der Waals surface area contributed by atoms with E-state index in [1.807, 2.05) is 18.2 Å². The molecule has 0 saturated heterocycles. The average Bonchev–Trinajstić information content (AvgIpc) is 3.21. The van der Waals surface area contributed by atoms with Crippen LogP contribution in [-0.2, 0) is 4.79 Å². The molecule has 8 heteroatoms. The molecule has 2 aliphatic rings. The van der Waals surface area contributed by atoms with Gasteiger partial charge in [-0.05, 0) is 92.4 Å². The number of ketones is 1. The van der Waals surface area contributed by atoms with Crippen molar-refractivity contribution in [3.63, 3.8) is 0 Å². The van der Waals surface area contributed by atoms with E-state index in [1.54, 1.807) is 6.33 Å². The van der Waals surface area contributed by atoms with Crippen LogP contribution in [0.15, 0.2) is 79.3 Å². The lowest BCUT2D eigenvalue weighted by Crippen LogP contribution is -2.29. The van der Waals surface area contributed by atoms with Crippen LogP contribution in [0.1, 0.15) is 64.5 Å². The number of rotatable bonds is 8. The van der Waals surface area contributed by atoms with Crippen molar-refractivity contribution in [3.05, 3.63) is 90.4 Å².